The van der Waals surface area contributed by atoms with Gasteiger partial charge in [-0.1, -0.05) is 30.3 Å². The molecule has 0 radical (unpaired) electrons. The van der Waals surface area contributed by atoms with Gasteiger partial charge in [0.25, 0.3) is 0 Å². The van der Waals surface area contributed by atoms with Gasteiger partial charge in [0.15, 0.2) is 0 Å². The topological polar surface area (TPSA) is 64.3 Å². The lowest BCUT2D eigenvalue weighted by Gasteiger charge is -2.26. The van der Waals surface area contributed by atoms with E-state index in [4.69, 9.17) is 4.74 Å². The Morgan fingerprint density at radius 2 is 1.92 bits per heavy atom. The maximum Gasteiger partial charge on any atom is 0.338 e. The fraction of sp³-hybridized carbons (Fsp3) is 0.263. The Hall–Kier alpha value is -2.66. The maximum absolute atomic E-state index is 11.7. The van der Waals surface area contributed by atoms with Crippen molar-refractivity contribution in [2.45, 2.75) is 26.0 Å². The number of carboxylic acid groups (broad SMARTS) is 1. The Kier molecular flexibility index (Phi) is 4.36. The lowest BCUT2D eigenvalue weighted by molar-refractivity contribution is 0.0622. The molecule has 24 heavy (non-hydrogen) atoms. The van der Waals surface area contributed by atoms with Gasteiger partial charge in [-0.25, -0.2) is 9.78 Å². The van der Waals surface area contributed by atoms with E-state index in [0.717, 1.165) is 5.56 Å². The summed E-state index contributed by atoms with van der Waals surface area (Å²) in [5.41, 5.74) is 2.69. The third kappa shape index (κ3) is 2.57. The Morgan fingerprint density at radius 1 is 1.21 bits per heavy atom. The molecular formula is C19H20N2O3. The van der Waals surface area contributed by atoms with Gasteiger partial charge in [-0.2, -0.15) is 0 Å². The molecule has 5 nitrogen and oxygen atoms in total. The van der Waals surface area contributed by atoms with Crippen LogP contribution in [0.25, 0.3) is 11.0 Å². The van der Waals surface area contributed by atoms with Crippen LogP contribution in [0.5, 0.6) is 0 Å². The third-order valence-electron chi connectivity index (χ3n) is 4.45. The second kappa shape index (κ2) is 6.45. The highest BCUT2D eigenvalue weighted by Crippen LogP contribution is 2.35. The van der Waals surface area contributed by atoms with Crippen LogP contribution in [0.3, 0.4) is 0 Å². The molecule has 124 valence electrons. The van der Waals surface area contributed by atoms with Crippen molar-refractivity contribution < 1.29 is 14.6 Å². The first-order valence-electron chi connectivity index (χ1n) is 7.82. The predicted molar refractivity (Wildman–Crippen MR) is 92.3 cm³/mol. The molecule has 0 saturated heterocycles. The van der Waals surface area contributed by atoms with Crippen molar-refractivity contribution >= 4 is 17.0 Å². The fourth-order valence-electron chi connectivity index (χ4n) is 3.42. The number of ether oxygens (including phenoxy) is 1. The second-order valence-corrected chi connectivity index (χ2v) is 5.82. The SMILES string of the molecule is COC(c1ccccc1)C(C)n1c(C)c(C(=O)O)c2cccnc21. The zero-order valence-corrected chi connectivity index (χ0v) is 13.9. The van der Waals surface area contributed by atoms with E-state index in [1.165, 1.54) is 0 Å². The van der Waals surface area contributed by atoms with Gasteiger partial charge >= 0.3 is 5.97 Å². The molecule has 0 amide bonds. The van der Waals surface area contributed by atoms with Crippen LogP contribution in [-0.4, -0.2) is 27.7 Å². The van der Waals surface area contributed by atoms with E-state index >= 15 is 0 Å². The molecular weight excluding hydrogens is 304 g/mol. The molecule has 0 bridgehead atoms. The molecule has 1 N–H and O–H groups in total. The number of pyridine rings is 1. The molecule has 5 heteroatoms. The summed E-state index contributed by atoms with van der Waals surface area (Å²) in [4.78, 5) is 16.1. The molecule has 0 aliphatic rings. The smallest absolute Gasteiger partial charge is 0.338 e. The zero-order chi connectivity index (χ0) is 17.3. The molecule has 0 saturated carbocycles. The van der Waals surface area contributed by atoms with Crippen molar-refractivity contribution in [2.75, 3.05) is 7.11 Å². The quantitative estimate of drug-likeness (QED) is 0.770. The maximum atomic E-state index is 11.7. The van der Waals surface area contributed by atoms with E-state index in [1.807, 2.05) is 48.7 Å². The normalized spacial score (nSPS) is 13.8. The lowest BCUT2D eigenvalue weighted by atomic mass is 10.0. The van der Waals surface area contributed by atoms with E-state index in [9.17, 15) is 9.90 Å². The largest absolute Gasteiger partial charge is 0.478 e. The minimum Gasteiger partial charge on any atom is -0.478 e. The number of fused-ring (bicyclic) bond motifs is 1. The number of aromatic carboxylic acids is 1. The van der Waals surface area contributed by atoms with Crippen molar-refractivity contribution in [3.8, 4) is 0 Å². The van der Waals surface area contributed by atoms with Crippen molar-refractivity contribution in [3.63, 3.8) is 0 Å². The minimum absolute atomic E-state index is 0.108. The molecule has 1 aromatic carbocycles. The average Bonchev–Trinajstić information content (AvgIpc) is 2.88. The van der Waals surface area contributed by atoms with Crippen LogP contribution in [-0.2, 0) is 4.74 Å². The van der Waals surface area contributed by atoms with Crippen LogP contribution in [0.4, 0.5) is 0 Å². The van der Waals surface area contributed by atoms with Crippen LogP contribution < -0.4 is 0 Å². The highest BCUT2D eigenvalue weighted by atomic mass is 16.5. The van der Waals surface area contributed by atoms with Crippen molar-refractivity contribution in [2.24, 2.45) is 0 Å². The summed E-state index contributed by atoms with van der Waals surface area (Å²) in [6.45, 7) is 3.84. The number of methoxy groups -OCH3 is 1. The van der Waals surface area contributed by atoms with E-state index in [-0.39, 0.29) is 12.1 Å². The molecule has 0 fully saturated rings. The number of benzene rings is 1. The van der Waals surface area contributed by atoms with Crippen LogP contribution in [0, 0.1) is 6.92 Å². The molecule has 0 aliphatic heterocycles. The van der Waals surface area contributed by atoms with E-state index < -0.39 is 5.97 Å². The molecule has 2 heterocycles. The van der Waals surface area contributed by atoms with E-state index in [2.05, 4.69) is 4.98 Å². The summed E-state index contributed by atoms with van der Waals surface area (Å²) in [6.07, 6.45) is 1.48. The van der Waals surface area contributed by atoms with Gasteiger partial charge in [0.2, 0.25) is 0 Å². The monoisotopic (exact) mass is 324 g/mol. The fourth-order valence-corrected chi connectivity index (χ4v) is 3.42. The molecule has 0 aliphatic carbocycles. The number of aromatic nitrogens is 2. The molecule has 2 unspecified atom stereocenters. The predicted octanol–water partition coefficient (Wildman–Crippen LogP) is 3.99. The lowest BCUT2D eigenvalue weighted by Crippen LogP contribution is -2.18. The average molecular weight is 324 g/mol. The van der Waals surface area contributed by atoms with Crippen LogP contribution in [0.1, 0.15) is 40.7 Å². The molecule has 3 aromatic rings. The molecule has 2 aromatic heterocycles. The summed E-state index contributed by atoms with van der Waals surface area (Å²) >= 11 is 0. The van der Waals surface area contributed by atoms with Gasteiger partial charge in [-0.05, 0) is 31.5 Å². The summed E-state index contributed by atoms with van der Waals surface area (Å²) < 4.78 is 7.69. The highest BCUT2D eigenvalue weighted by molar-refractivity contribution is 6.04. The highest BCUT2D eigenvalue weighted by Gasteiger charge is 2.27. The summed E-state index contributed by atoms with van der Waals surface area (Å²) in [6, 6.07) is 13.4. The first kappa shape index (κ1) is 16.2. The van der Waals surface area contributed by atoms with Crippen LogP contribution in [0.2, 0.25) is 0 Å². The summed E-state index contributed by atoms with van der Waals surface area (Å²) in [5.74, 6) is -0.940. The Morgan fingerprint density at radius 3 is 2.54 bits per heavy atom. The van der Waals surface area contributed by atoms with Crippen molar-refractivity contribution in [3.05, 3.63) is 65.5 Å². The van der Waals surface area contributed by atoms with Gasteiger partial charge < -0.3 is 14.4 Å². The van der Waals surface area contributed by atoms with Gasteiger partial charge in [0.1, 0.15) is 11.8 Å². The number of carbonyl (C=O) groups is 1. The van der Waals surface area contributed by atoms with Crippen molar-refractivity contribution in [1.29, 1.82) is 0 Å². The molecule has 0 spiro atoms. The van der Waals surface area contributed by atoms with E-state index in [1.54, 1.807) is 25.4 Å². The number of nitrogens with zero attached hydrogens (tertiary/aromatic N) is 2. The summed E-state index contributed by atoms with van der Waals surface area (Å²) in [7, 11) is 1.67. The Labute approximate surface area is 140 Å². The van der Waals surface area contributed by atoms with Gasteiger partial charge in [0, 0.05) is 24.4 Å². The molecule has 3 rings (SSSR count). The van der Waals surface area contributed by atoms with Crippen molar-refractivity contribution in [1.82, 2.24) is 9.55 Å². The minimum atomic E-state index is -0.940. The summed E-state index contributed by atoms with van der Waals surface area (Å²) in [5, 5.41) is 10.2. The van der Waals surface area contributed by atoms with Gasteiger partial charge in [-0.15, -0.1) is 0 Å². The number of rotatable bonds is 5. The third-order valence-corrected chi connectivity index (χ3v) is 4.45. The first-order valence-corrected chi connectivity index (χ1v) is 7.82. The van der Waals surface area contributed by atoms with E-state index in [0.29, 0.717) is 22.3 Å². The standard InChI is InChI=1S/C19H20N2O3/c1-12-16(19(22)23)15-10-7-11-20-18(15)21(12)13(2)17(24-3)14-8-5-4-6-9-14/h4-11,13,17H,1-3H3,(H,22,23). The number of carboxylic acids is 1. The first-order chi connectivity index (χ1) is 11.6. The zero-order valence-electron chi connectivity index (χ0n) is 13.9. The molecule has 2 atom stereocenters. The second-order valence-electron chi connectivity index (χ2n) is 5.82. The van der Waals surface area contributed by atoms with Gasteiger partial charge in [-0.3, -0.25) is 0 Å². The Bertz CT molecular complexity index is 871. The number of hydrogen-bond donors (Lipinski definition) is 1. The number of hydrogen-bond acceptors (Lipinski definition) is 3. The Balaban J connectivity index is 2.18. The van der Waals surface area contributed by atoms with Crippen LogP contribution >= 0.6 is 0 Å². The van der Waals surface area contributed by atoms with Gasteiger partial charge in [0.05, 0.1) is 11.6 Å². The van der Waals surface area contributed by atoms with Crippen LogP contribution in [0.15, 0.2) is 48.7 Å².